The molecule has 0 bridgehead atoms. The Morgan fingerprint density at radius 2 is 1.92 bits per heavy atom. The van der Waals surface area contributed by atoms with Crippen molar-refractivity contribution in [3.63, 3.8) is 0 Å². The van der Waals surface area contributed by atoms with Crippen LogP contribution in [0.5, 0.6) is 11.5 Å². The number of halogens is 1. The second kappa shape index (κ2) is 9.03. The number of amides is 1. The highest BCUT2D eigenvalue weighted by molar-refractivity contribution is 5.92. The van der Waals surface area contributed by atoms with Crippen molar-refractivity contribution in [1.29, 1.82) is 0 Å². The number of rotatable bonds is 9. The molecule has 0 unspecified atom stereocenters. The number of nitrogens with one attached hydrogen (secondary N) is 1. The van der Waals surface area contributed by atoms with Crippen molar-refractivity contribution in [1.82, 2.24) is 5.32 Å². The fraction of sp³-hybridized carbons (Fsp3) is 0.316. The van der Waals surface area contributed by atoms with E-state index in [1.165, 1.54) is 31.4 Å². The van der Waals surface area contributed by atoms with E-state index < -0.39 is 11.7 Å². The molecule has 0 aliphatic heterocycles. The van der Waals surface area contributed by atoms with E-state index in [1.807, 2.05) is 12.1 Å². The van der Waals surface area contributed by atoms with Gasteiger partial charge in [-0.1, -0.05) is 31.9 Å². The zero-order valence-corrected chi connectivity index (χ0v) is 13.8. The number of benzene rings is 2. The van der Waals surface area contributed by atoms with Crippen LogP contribution < -0.4 is 15.8 Å². The van der Waals surface area contributed by atoms with Gasteiger partial charge in [0.2, 0.25) is 5.91 Å². The average molecular weight is 330 g/mol. The minimum atomic E-state index is -0.670. The third-order valence-corrected chi connectivity index (χ3v) is 3.65. The first kappa shape index (κ1) is 17.9. The molecule has 0 saturated carbocycles. The third kappa shape index (κ3) is 5.35. The summed E-state index contributed by atoms with van der Waals surface area (Å²) >= 11 is 0. The molecule has 3 N–H and O–H groups in total. The maximum atomic E-state index is 13.9. The van der Waals surface area contributed by atoms with Crippen molar-refractivity contribution < 1.29 is 13.9 Å². The van der Waals surface area contributed by atoms with Crippen LogP contribution >= 0.6 is 0 Å². The number of hydrogen-bond donors (Lipinski definition) is 2. The van der Waals surface area contributed by atoms with Crippen LogP contribution in [0.3, 0.4) is 0 Å². The molecule has 0 fully saturated rings. The van der Waals surface area contributed by atoms with Crippen molar-refractivity contribution >= 4 is 5.91 Å². The number of unbranched alkanes of at least 4 members (excludes halogenated alkanes) is 2. The summed E-state index contributed by atoms with van der Waals surface area (Å²) in [5.74, 6) is -0.690. The molecule has 0 saturated heterocycles. The standard InChI is InChI=1S/C19H23FN2O2/c1-2-3-4-11-22-13-14-5-8-16(9-6-14)24-18-10-7-15(19(21)23)12-17(18)20/h5-10,12,22H,2-4,11,13H2,1H3,(H2,21,23). The van der Waals surface area contributed by atoms with Crippen molar-refractivity contribution in [3.8, 4) is 11.5 Å². The minimum absolute atomic E-state index is 0.0606. The smallest absolute Gasteiger partial charge is 0.248 e. The lowest BCUT2D eigenvalue weighted by atomic mass is 10.2. The molecule has 0 atom stereocenters. The van der Waals surface area contributed by atoms with Gasteiger partial charge in [-0.25, -0.2) is 4.39 Å². The number of ether oxygens (including phenoxy) is 1. The van der Waals surface area contributed by atoms with E-state index in [0.717, 1.165) is 24.7 Å². The molecule has 0 radical (unpaired) electrons. The summed E-state index contributed by atoms with van der Waals surface area (Å²) < 4.78 is 19.4. The lowest BCUT2D eigenvalue weighted by Gasteiger charge is -2.09. The molecule has 2 aromatic rings. The fourth-order valence-corrected chi connectivity index (χ4v) is 2.27. The molecule has 2 aromatic carbocycles. The largest absolute Gasteiger partial charge is 0.454 e. The fourth-order valence-electron chi connectivity index (χ4n) is 2.27. The van der Waals surface area contributed by atoms with E-state index in [1.54, 1.807) is 12.1 Å². The molecule has 0 heterocycles. The number of nitrogens with two attached hydrogens (primary N) is 1. The van der Waals surface area contributed by atoms with E-state index in [2.05, 4.69) is 12.2 Å². The first-order valence-corrected chi connectivity index (χ1v) is 8.17. The highest BCUT2D eigenvalue weighted by Crippen LogP contribution is 2.25. The normalized spacial score (nSPS) is 10.6. The molecule has 0 aromatic heterocycles. The summed E-state index contributed by atoms with van der Waals surface area (Å²) in [5, 5.41) is 3.39. The molecule has 2 rings (SSSR count). The molecule has 0 spiro atoms. The van der Waals surface area contributed by atoms with Gasteiger partial charge in [-0.2, -0.15) is 0 Å². The van der Waals surface area contributed by atoms with Crippen LogP contribution in [-0.4, -0.2) is 12.5 Å². The van der Waals surface area contributed by atoms with Crippen LogP contribution in [0.15, 0.2) is 42.5 Å². The summed E-state index contributed by atoms with van der Waals surface area (Å²) in [4.78, 5) is 11.0. The molecule has 0 aliphatic carbocycles. The number of hydrogen-bond acceptors (Lipinski definition) is 3. The lowest BCUT2D eigenvalue weighted by Crippen LogP contribution is -2.14. The maximum Gasteiger partial charge on any atom is 0.248 e. The molecule has 0 aliphatic rings. The number of carbonyl (C=O) groups excluding carboxylic acids is 1. The van der Waals surface area contributed by atoms with E-state index in [4.69, 9.17) is 10.5 Å². The SMILES string of the molecule is CCCCCNCc1ccc(Oc2ccc(C(N)=O)cc2F)cc1. The zero-order valence-electron chi connectivity index (χ0n) is 13.8. The Labute approximate surface area is 141 Å². The Morgan fingerprint density at radius 3 is 2.54 bits per heavy atom. The van der Waals surface area contributed by atoms with Gasteiger partial charge in [0.05, 0.1) is 0 Å². The molecule has 1 amide bonds. The third-order valence-electron chi connectivity index (χ3n) is 3.65. The molecule has 24 heavy (non-hydrogen) atoms. The van der Waals surface area contributed by atoms with Crippen LogP contribution in [0.25, 0.3) is 0 Å². The van der Waals surface area contributed by atoms with Gasteiger partial charge in [0.15, 0.2) is 11.6 Å². The molecule has 5 heteroatoms. The van der Waals surface area contributed by atoms with Crippen LogP contribution in [0, 0.1) is 5.82 Å². The Kier molecular flexibility index (Phi) is 6.75. The van der Waals surface area contributed by atoms with Crippen molar-refractivity contribution in [2.24, 2.45) is 5.73 Å². The summed E-state index contributed by atoms with van der Waals surface area (Å²) in [6, 6.07) is 11.4. The van der Waals surface area contributed by atoms with E-state index >= 15 is 0 Å². The number of carbonyl (C=O) groups is 1. The van der Waals surface area contributed by atoms with Crippen LogP contribution in [0.2, 0.25) is 0 Å². The lowest BCUT2D eigenvalue weighted by molar-refractivity contribution is 0.1000. The summed E-state index contributed by atoms with van der Waals surface area (Å²) in [6.07, 6.45) is 3.63. The average Bonchev–Trinajstić information content (AvgIpc) is 2.58. The minimum Gasteiger partial charge on any atom is -0.454 e. The Bertz CT molecular complexity index is 672. The van der Waals surface area contributed by atoms with Gasteiger partial charge in [-0.3, -0.25) is 4.79 Å². The first-order valence-electron chi connectivity index (χ1n) is 8.17. The van der Waals surface area contributed by atoms with Gasteiger partial charge in [0.1, 0.15) is 5.75 Å². The zero-order chi connectivity index (χ0) is 17.4. The topological polar surface area (TPSA) is 64.3 Å². The quantitative estimate of drug-likeness (QED) is 0.683. The van der Waals surface area contributed by atoms with Crippen molar-refractivity contribution in [3.05, 3.63) is 59.4 Å². The van der Waals surface area contributed by atoms with Gasteiger partial charge in [0, 0.05) is 12.1 Å². The Balaban J connectivity index is 1.90. The predicted octanol–water partition coefficient (Wildman–Crippen LogP) is 4.00. The molecular formula is C19H23FN2O2. The van der Waals surface area contributed by atoms with Crippen molar-refractivity contribution in [2.75, 3.05) is 6.54 Å². The van der Waals surface area contributed by atoms with Gasteiger partial charge in [-0.15, -0.1) is 0 Å². The van der Waals surface area contributed by atoms with Gasteiger partial charge in [-0.05, 0) is 48.9 Å². The summed E-state index contributed by atoms with van der Waals surface area (Å²) in [6.45, 7) is 3.98. The van der Waals surface area contributed by atoms with Crippen LogP contribution in [0.4, 0.5) is 4.39 Å². The van der Waals surface area contributed by atoms with Crippen LogP contribution in [0.1, 0.15) is 42.1 Å². The van der Waals surface area contributed by atoms with E-state index in [-0.39, 0.29) is 11.3 Å². The highest BCUT2D eigenvalue weighted by Gasteiger charge is 2.09. The van der Waals surface area contributed by atoms with E-state index in [9.17, 15) is 9.18 Å². The van der Waals surface area contributed by atoms with Gasteiger partial charge in [0.25, 0.3) is 0 Å². The van der Waals surface area contributed by atoms with Crippen LogP contribution in [-0.2, 0) is 6.54 Å². The first-order chi connectivity index (χ1) is 11.6. The number of primary amides is 1. The Hall–Kier alpha value is -2.40. The van der Waals surface area contributed by atoms with E-state index in [0.29, 0.717) is 5.75 Å². The Morgan fingerprint density at radius 1 is 1.17 bits per heavy atom. The monoisotopic (exact) mass is 330 g/mol. The summed E-state index contributed by atoms with van der Waals surface area (Å²) in [5.41, 5.74) is 6.37. The van der Waals surface area contributed by atoms with Gasteiger partial charge >= 0.3 is 0 Å². The maximum absolute atomic E-state index is 13.9. The molecule has 128 valence electrons. The predicted molar refractivity (Wildman–Crippen MR) is 92.7 cm³/mol. The second-order valence-corrected chi connectivity index (χ2v) is 5.64. The van der Waals surface area contributed by atoms with Crippen molar-refractivity contribution in [2.45, 2.75) is 32.7 Å². The highest BCUT2D eigenvalue weighted by atomic mass is 19.1. The molecular weight excluding hydrogens is 307 g/mol. The van der Waals surface area contributed by atoms with Gasteiger partial charge < -0.3 is 15.8 Å². The second-order valence-electron chi connectivity index (χ2n) is 5.64. The summed E-state index contributed by atoms with van der Waals surface area (Å²) in [7, 11) is 0. The molecule has 4 nitrogen and oxygen atoms in total.